The summed E-state index contributed by atoms with van der Waals surface area (Å²) in [5.41, 5.74) is 1.78. The Hall–Kier alpha value is -3.68. The maximum absolute atomic E-state index is 13.5. The first-order valence-electron chi connectivity index (χ1n) is 9.88. The molecular formula is C22H21N5O3. The minimum absolute atomic E-state index is 0.0902. The first-order valence-corrected chi connectivity index (χ1v) is 9.88. The second-order valence-electron chi connectivity index (χ2n) is 7.68. The second kappa shape index (κ2) is 7.29. The molecule has 2 aliphatic heterocycles. The lowest BCUT2D eigenvalue weighted by atomic mass is 9.88. The highest BCUT2D eigenvalue weighted by Crippen LogP contribution is 2.33. The highest BCUT2D eigenvalue weighted by Gasteiger charge is 2.51. The van der Waals surface area contributed by atoms with Gasteiger partial charge in [0.25, 0.3) is 5.91 Å². The van der Waals surface area contributed by atoms with Crippen molar-refractivity contribution in [3.05, 3.63) is 78.4 Å². The third-order valence-electron chi connectivity index (χ3n) is 5.80. The lowest BCUT2D eigenvalue weighted by Gasteiger charge is -2.44. The Labute approximate surface area is 173 Å². The molecule has 3 heterocycles. The van der Waals surface area contributed by atoms with Crippen molar-refractivity contribution in [3.63, 3.8) is 0 Å². The maximum Gasteiger partial charge on any atom is 0.410 e. The number of cyclic esters (lactones) is 1. The Balaban J connectivity index is 1.46. The standard InChI is InChI=1S/C22H21N5O3/c28-20(18-8-4-5-9-19(18)27-16-23-15-24-27)25-10-11-26-21(29)30-14-22(26,13-25)12-17-6-2-1-3-7-17/h1-9,15-16H,10-14H2. The van der Waals surface area contributed by atoms with Crippen LogP contribution in [-0.2, 0) is 11.2 Å². The first-order chi connectivity index (χ1) is 14.7. The Morgan fingerprint density at radius 3 is 2.67 bits per heavy atom. The predicted molar refractivity (Wildman–Crippen MR) is 108 cm³/mol. The average molecular weight is 403 g/mol. The van der Waals surface area contributed by atoms with Gasteiger partial charge >= 0.3 is 6.09 Å². The van der Waals surface area contributed by atoms with E-state index in [0.29, 0.717) is 37.3 Å². The van der Waals surface area contributed by atoms with Crippen LogP contribution in [0.25, 0.3) is 5.69 Å². The molecule has 0 spiro atoms. The number of para-hydroxylation sites is 1. The number of piperazine rings is 1. The minimum atomic E-state index is -0.561. The van der Waals surface area contributed by atoms with Gasteiger partial charge in [-0.1, -0.05) is 42.5 Å². The average Bonchev–Trinajstić information content (AvgIpc) is 3.42. The van der Waals surface area contributed by atoms with E-state index >= 15 is 0 Å². The summed E-state index contributed by atoms with van der Waals surface area (Å²) in [7, 11) is 0. The van der Waals surface area contributed by atoms with Gasteiger partial charge in [0.2, 0.25) is 0 Å². The van der Waals surface area contributed by atoms with Crippen LogP contribution < -0.4 is 0 Å². The number of benzene rings is 2. The van der Waals surface area contributed by atoms with Gasteiger partial charge in [-0.15, -0.1) is 0 Å². The lowest BCUT2D eigenvalue weighted by molar-refractivity contribution is 0.0375. The molecule has 8 nitrogen and oxygen atoms in total. The fourth-order valence-electron chi connectivity index (χ4n) is 4.37. The molecule has 2 aliphatic rings. The summed E-state index contributed by atoms with van der Waals surface area (Å²) in [6.07, 6.45) is 3.34. The number of carbonyl (C=O) groups excluding carboxylic acids is 2. The normalized spacial score (nSPS) is 20.7. The van der Waals surface area contributed by atoms with Crippen molar-refractivity contribution >= 4 is 12.0 Å². The molecule has 0 saturated carbocycles. The van der Waals surface area contributed by atoms with E-state index in [1.54, 1.807) is 22.0 Å². The molecule has 0 bridgehead atoms. The summed E-state index contributed by atoms with van der Waals surface area (Å²) in [4.78, 5) is 33.4. The van der Waals surface area contributed by atoms with Crippen LogP contribution >= 0.6 is 0 Å². The molecule has 0 N–H and O–H groups in total. The Kier molecular flexibility index (Phi) is 4.46. The molecule has 2 fully saturated rings. The third-order valence-corrected chi connectivity index (χ3v) is 5.80. The molecule has 30 heavy (non-hydrogen) atoms. The van der Waals surface area contributed by atoms with E-state index in [2.05, 4.69) is 10.1 Å². The van der Waals surface area contributed by atoms with E-state index < -0.39 is 5.54 Å². The van der Waals surface area contributed by atoms with Gasteiger partial charge in [-0.2, -0.15) is 5.10 Å². The van der Waals surface area contributed by atoms with Crippen LogP contribution in [0.2, 0.25) is 0 Å². The molecule has 2 saturated heterocycles. The van der Waals surface area contributed by atoms with E-state index in [1.165, 1.54) is 6.33 Å². The molecule has 8 heteroatoms. The van der Waals surface area contributed by atoms with Crippen molar-refractivity contribution in [1.82, 2.24) is 24.6 Å². The molecule has 152 valence electrons. The number of nitrogens with zero attached hydrogens (tertiary/aromatic N) is 5. The third kappa shape index (κ3) is 3.10. The van der Waals surface area contributed by atoms with E-state index in [4.69, 9.17) is 4.74 Å². The fourth-order valence-corrected chi connectivity index (χ4v) is 4.37. The van der Waals surface area contributed by atoms with Gasteiger partial charge in [-0.3, -0.25) is 9.69 Å². The summed E-state index contributed by atoms with van der Waals surface area (Å²) < 4.78 is 7.01. The molecular weight excluding hydrogens is 382 g/mol. The van der Waals surface area contributed by atoms with Crippen molar-refractivity contribution in [2.75, 3.05) is 26.2 Å². The SMILES string of the molecule is O=C(c1ccccc1-n1cncn1)N1CCN2C(=O)OCC2(Cc2ccccc2)C1. The summed E-state index contributed by atoms with van der Waals surface area (Å²) >= 11 is 0. The molecule has 1 atom stereocenters. The number of ether oxygens (including phenoxy) is 1. The lowest BCUT2D eigenvalue weighted by Crippen LogP contribution is -2.63. The zero-order valence-corrected chi connectivity index (χ0v) is 16.3. The van der Waals surface area contributed by atoms with Gasteiger partial charge in [-0.25, -0.2) is 14.5 Å². The Morgan fingerprint density at radius 1 is 1.07 bits per heavy atom. The molecule has 3 aromatic rings. The second-order valence-corrected chi connectivity index (χ2v) is 7.68. The maximum atomic E-state index is 13.5. The molecule has 1 unspecified atom stereocenters. The number of aromatic nitrogens is 3. The molecule has 1 aromatic heterocycles. The highest BCUT2D eigenvalue weighted by molar-refractivity contribution is 5.98. The molecule has 0 aliphatic carbocycles. The number of hydrogen-bond acceptors (Lipinski definition) is 5. The van der Waals surface area contributed by atoms with Crippen LogP contribution in [0.4, 0.5) is 4.79 Å². The highest BCUT2D eigenvalue weighted by atomic mass is 16.6. The van der Waals surface area contributed by atoms with Gasteiger partial charge in [0.15, 0.2) is 0 Å². The fraction of sp³-hybridized carbons (Fsp3) is 0.273. The molecule has 0 radical (unpaired) electrons. The molecule has 2 aromatic carbocycles. The topological polar surface area (TPSA) is 80.6 Å². The zero-order valence-electron chi connectivity index (χ0n) is 16.3. The van der Waals surface area contributed by atoms with Gasteiger partial charge in [0, 0.05) is 26.1 Å². The van der Waals surface area contributed by atoms with E-state index in [9.17, 15) is 9.59 Å². The number of fused-ring (bicyclic) bond motifs is 1. The molecule has 5 rings (SSSR count). The van der Waals surface area contributed by atoms with Crippen LogP contribution in [0, 0.1) is 0 Å². The van der Waals surface area contributed by atoms with Crippen LogP contribution in [0.5, 0.6) is 0 Å². The zero-order chi connectivity index (χ0) is 20.6. The Morgan fingerprint density at radius 2 is 1.87 bits per heavy atom. The van der Waals surface area contributed by atoms with Crippen LogP contribution in [0.3, 0.4) is 0 Å². The number of amides is 2. The van der Waals surface area contributed by atoms with Crippen molar-refractivity contribution in [2.24, 2.45) is 0 Å². The van der Waals surface area contributed by atoms with E-state index in [1.807, 2.05) is 53.4 Å². The van der Waals surface area contributed by atoms with Crippen LogP contribution in [0.15, 0.2) is 67.3 Å². The van der Waals surface area contributed by atoms with E-state index in [0.717, 1.165) is 5.56 Å². The summed E-state index contributed by atoms with van der Waals surface area (Å²) in [6.45, 7) is 1.59. The number of hydrogen-bond donors (Lipinski definition) is 0. The number of carbonyl (C=O) groups is 2. The van der Waals surface area contributed by atoms with Gasteiger partial charge in [0.1, 0.15) is 24.8 Å². The minimum Gasteiger partial charge on any atom is -0.447 e. The Bertz CT molecular complexity index is 1070. The van der Waals surface area contributed by atoms with Crippen molar-refractivity contribution in [1.29, 1.82) is 0 Å². The monoisotopic (exact) mass is 403 g/mol. The summed E-state index contributed by atoms with van der Waals surface area (Å²) in [5, 5.41) is 4.17. The van der Waals surface area contributed by atoms with Crippen LogP contribution in [0.1, 0.15) is 15.9 Å². The van der Waals surface area contributed by atoms with Crippen molar-refractivity contribution in [3.8, 4) is 5.69 Å². The van der Waals surface area contributed by atoms with Gasteiger partial charge in [-0.05, 0) is 17.7 Å². The smallest absolute Gasteiger partial charge is 0.410 e. The van der Waals surface area contributed by atoms with Gasteiger partial charge < -0.3 is 9.64 Å². The number of rotatable bonds is 4. The quantitative estimate of drug-likeness (QED) is 0.667. The van der Waals surface area contributed by atoms with Gasteiger partial charge in [0.05, 0.1) is 11.3 Å². The predicted octanol–water partition coefficient (Wildman–Crippen LogP) is 2.16. The first kappa shape index (κ1) is 18.4. The molecule has 2 amide bonds. The van der Waals surface area contributed by atoms with Crippen molar-refractivity contribution < 1.29 is 14.3 Å². The largest absolute Gasteiger partial charge is 0.447 e. The van der Waals surface area contributed by atoms with E-state index in [-0.39, 0.29) is 18.6 Å². The van der Waals surface area contributed by atoms with Crippen LogP contribution in [-0.4, -0.2) is 68.3 Å². The summed E-state index contributed by atoms with van der Waals surface area (Å²) in [6, 6.07) is 17.4. The van der Waals surface area contributed by atoms with Crippen molar-refractivity contribution in [2.45, 2.75) is 12.0 Å². The summed E-state index contributed by atoms with van der Waals surface area (Å²) in [5.74, 6) is -0.0902.